The van der Waals surface area contributed by atoms with Crippen molar-refractivity contribution in [3.8, 4) is 0 Å². The molecule has 1 unspecified atom stereocenters. The van der Waals surface area contributed by atoms with E-state index in [1.54, 1.807) is 6.07 Å². The van der Waals surface area contributed by atoms with E-state index in [0.29, 0.717) is 23.7 Å². The van der Waals surface area contributed by atoms with Gasteiger partial charge in [-0.15, -0.1) is 0 Å². The van der Waals surface area contributed by atoms with E-state index in [0.717, 1.165) is 18.5 Å². The maximum absolute atomic E-state index is 12.1. The molecule has 0 aliphatic carbocycles. The first-order chi connectivity index (χ1) is 9.52. The molecule has 1 atom stereocenters. The Labute approximate surface area is 123 Å². The van der Waals surface area contributed by atoms with Gasteiger partial charge in [-0.1, -0.05) is 24.9 Å². The Morgan fingerprint density at radius 3 is 3.05 bits per heavy atom. The van der Waals surface area contributed by atoms with E-state index in [2.05, 4.69) is 10.3 Å². The average molecular weight is 299 g/mol. The number of nitrogens with zero attached hydrogens (tertiary/aromatic N) is 1. The summed E-state index contributed by atoms with van der Waals surface area (Å²) < 4.78 is 5.14. The van der Waals surface area contributed by atoms with E-state index >= 15 is 0 Å². The van der Waals surface area contributed by atoms with Crippen LogP contribution in [0.5, 0.6) is 0 Å². The van der Waals surface area contributed by atoms with Crippen molar-refractivity contribution in [2.45, 2.75) is 31.8 Å². The van der Waals surface area contributed by atoms with Crippen molar-refractivity contribution in [1.82, 2.24) is 10.3 Å². The largest absolute Gasteiger partial charge is 0.386 e. The Bertz CT molecular complexity index is 487. The molecule has 0 spiro atoms. The molecule has 5 nitrogen and oxygen atoms in total. The third-order valence-electron chi connectivity index (χ3n) is 3.28. The molecule has 1 aromatic heterocycles. The van der Waals surface area contributed by atoms with Crippen LogP contribution < -0.4 is 5.32 Å². The quantitative estimate of drug-likeness (QED) is 0.810. The standard InChI is InChI=1S/C14H19ClN2O3/c1-2-3-11-6-10(7-12(15)17-11)13(18)16-8-14(19)4-5-20-9-14/h6-7,19H,2-5,8-9H2,1H3,(H,16,18). The fraction of sp³-hybridized carbons (Fsp3) is 0.571. The molecule has 0 aromatic carbocycles. The maximum Gasteiger partial charge on any atom is 0.251 e. The first-order valence-electron chi connectivity index (χ1n) is 6.77. The number of rotatable bonds is 5. The summed E-state index contributed by atoms with van der Waals surface area (Å²) in [4.78, 5) is 16.3. The van der Waals surface area contributed by atoms with Gasteiger partial charge in [0.15, 0.2) is 0 Å². The number of pyridine rings is 1. The molecule has 20 heavy (non-hydrogen) atoms. The molecular weight excluding hydrogens is 280 g/mol. The molecule has 2 heterocycles. The molecule has 2 N–H and O–H groups in total. The zero-order valence-corrected chi connectivity index (χ0v) is 12.2. The molecule has 0 bridgehead atoms. The highest BCUT2D eigenvalue weighted by Gasteiger charge is 2.32. The minimum Gasteiger partial charge on any atom is -0.386 e. The second-order valence-electron chi connectivity index (χ2n) is 5.13. The second-order valence-corrected chi connectivity index (χ2v) is 5.52. The predicted octanol–water partition coefficient (Wildman–Crippen LogP) is 1.57. The van der Waals surface area contributed by atoms with Crippen LogP contribution in [0.1, 0.15) is 35.8 Å². The molecule has 0 radical (unpaired) electrons. The van der Waals surface area contributed by atoms with Crippen LogP contribution in [0.25, 0.3) is 0 Å². The lowest BCUT2D eigenvalue weighted by Crippen LogP contribution is -2.43. The van der Waals surface area contributed by atoms with E-state index in [1.807, 2.05) is 6.92 Å². The van der Waals surface area contributed by atoms with Crippen LogP contribution in [0.3, 0.4) is 0 Å². The Morgan fingerprint density at radius 2 is 2.40 bits per heavy atom. The fourth-order valence-electron chi connectivity index (χ4n) is 2.15. The molecule has 1 aliphatic heterocycles. The van der Waals surface area contributed by atoms with Gasteiger partial charge in [0.2, 0.25) is 0 Å². The van der Waals surface area contributed by atoms with Crippen molar-refractivity contribution in [3.05, 3.63) is 28.5 Å². The Balaban J connectivity index is 2.01. The average Bonchev–Trinajstić information content (AvgIpc) is 2.83. The first-order valence-corrected chi connectivity index (χ1v) is 7.15. The summed E-state index contributed by atoms with van der Waals surface area (Å²) in [5.41, 5.74) is 0.308. The molecule has 0 saturated carbocycles. The number of nitrogens with one attached hydrogen (secondary N) is 1. The maximum atomic E-state index is 12.1. The van der Waals surface area contributed by atoms with Crippen molar-refractivity contribution in [3.63, 3.8) is 0 Å². The van der Waals surface area contributed by atoms with Crippen molar-refractivity contribution in [2.75, 3.05) is 19.8 Å². The van der Waals surface area contributed by atoms with Gasteiger partial charge < -0.3 is 15.2 Å². The van der Waals surface area contributed by atoms with E-state index in [4.69, 9.17) is 16.3 Å². The summed E-state index contributed by atoms with van der Waals surface area (Å²) in [6.07, 6.45) is 2.25. The van der Waals surface area contributed by atoms with Crippen LogP contribution in [0, 0.1) is 0 Å². The highest BCUT2D eigenvalue weighted by atomic mass is 35.5. The van der Waals surface area contributed by atoms with Crippen molar-refractivity contribution in [2.24, 2.45) is 0 Å². The van der Waals surface area contributed by atoms with Crippen molar-refractivity contribution >= 4 is 17.5 Å². The number of ether oxygens (including phenoxy) is 1. The molecule has 1 saturated heterocycles. The van der Waals surface area contributed by atoms with Crippen LogP contribution in [0.15, 0.2) is 12.1 Å². The Hall–Kier alpha value is -1.17. The van der Waals surface area contributed by atoms with Gasteiger partial charge in [0, 0.05) is 30.8 Å². The van der Waals surface area contributed by atoms with E-state index in [1.165, 1.54) is 6.07 Å². The normalized spacial score (nSPS) is 21.9. The Morgan fingerprint density at radius 1 is 1.60 bits per heavy atom. The van der Waals surface area contributed by atoms with Crippen LogP contribution in [0.4, 0.5) is 0 Å². The third-order valence-corrected chi connectivity index (χ3v) is 3.47. The van der Waals surface area contributed by atoms with Crippen molar-refractivity contribution < 1.29 is 14.6 Å². The number of amides is 1. The summed E-state index contributed by atoms with van der Waals surface area (Å²) in [5.74, 6) is -0.257. The van der Waals surface area contributed by atoms with Gasteiger partial charge in [-0.2, -0.15) is 0 Å². The number of hydrogen-bond donors (Lipinski definition) is 2. The lowest BCUT2D eigenvalue weighted by Gasteiger charge is -2.20. The number of aliphatic hydroxyl groups is 1. The molecule has 2 rings (SSSR count). The summed E-state index contributed by atoms with van der Waals surface area (Å²) in [6, 6.07) is 3.27. The van der Waals surface area contributed by atoms with Gasteiger partial charge in [0.05, 0.1) is 6.61 Å². The molecular formula is C14H19ClN2O3. The van der Waals surface area contributed by atoms with Crippen LogP contribution in [0.2, 0.25) is 5.15 Å². The van der Waals surface area contributed by atoms with Gasteiger partial charge in [-0.3, -0.25) is 4.79 Å². The zero-order chi connectivity index (χ0) is 14.6. The number of aryl methyl sites for hydroxylation is 1. The minimum atomic E-state index is -0.960. The van der Waals surface area contributed by atoms with E-state index in [-0.39, 0.29) is 19.1 Å². The smallest absolute Gasteiger partial charge is 0.251 e. The SMILES string of the molecule is CCCc1cc(C(=O)NCC2(O)CCOC2)cc(Cl)n1. The summed E-state index contributed by atoms with van der Waals surface area (Å²) >= 11 is 5.92. The zero-order valence-electron chi connectivity index (χ0n) is 11.5. The van der Waals surface area contributed by atoms with E-state index < -0.39 is 5.60 Å². The lowest BCUT2D eigenvalue weighted by molar-refractivity contribution is 0.0264. The highest BCUT2D eigenvalue weighted by Crippen LogP contribution is 2.17. The molecule has 110 valence electrons. The number of halogens is 1. The molecule has 1 amide bonds. The molecule has 6 heteroatoms. The number of hydrogen-bond acceptors (Lipinski definition) is 4. The number of carbonyl (C=O) groups excluding carboxylic acids is 1. The molecule has 1 fully saturated rings. The van der Waals surface area contributed by atoms with Gasteiger partial charge >= 0.3 is 0 Å². The summed E-state index contributed by atoms with van der Waals surface area (Å²) in [5, 5.41) is 13.1. The molecule has 1 aliphatic rings. The lowest BCUT2D eigenvalue weighted by atomic mass is 10.0. The van der Waals surface area contributed by atoms with Gasteiger partial charge in [-0.05, 0) is 18.6 Å². The van der Waals surface area contributed by atoms with Gasteiger partial charge in [-0.25, -0.2) is 4.98 Å². The van der Waals surface area contributed by atoms with E-state index in [9.17, 15) is 9.90 Å². The summed E-state index contributed by atoms with van der Waals surface area (Å²) in [6.45, 7) is 2.99. The minimum absolute atomic E-state index is 0.175. The number of carbonyl (C=O) groups is 1. The highest BCUT2D eigenvalue weighted by molar-refractivity contribution is 6.29. The van der Waals surface area contributed by atoms with Gasteiger partial charge in [0.25, 0.3) is 5.91 Å². The predicted molar refractivity (Wildman–Crippen MR) is 76.0 cm³/mol. The van der Waals surface area contributed by atoms with Crippen molar-refractivity contribution in [1.29, 1.82) is 0 Å². The third kappa shape index (κ3) is 3.91. The van der Waals surface area contributed by atoms with Crippen LogP contribution in [-0.4, -0.2) is 41.4 Å². The fourth-order valence-corrected chi connectivity index (χ4v) is 2.38. The molecule has 1 aromatic rings. The van der Waals surface area contributed by atoms with Crippen LogP contribution >= 0.6 is 11.6 Å². The Kier molecular flexibility index (Phi) is 4.96. The second kappa shape index (κ2) is 6.52. The monoisotopic (exact) mass is 298 g/mol. The van der Waals surface area contributed by atoms with Gasteiger partial charge in [0.1, 0.15) is 10.8 Å². The number of aromatic nitrogens is 1. The summed E-state index contributed by atoms with van der Waals surface area (Å²) in [7, 11) is 0. The van der Waals surface area contributed by atoms with Crippen LogP contribution in [-0.2, 0) is 11.2 Å². The first kappa shape index (κ1) is 15.2. The topological polar surface area (TPSA) is 71.5 Å².